The predicted octanol–water partition coefficient (Wildman–Crippen LogP) is 2.28. The van der Waals surface area contributed by atoms with E-state index in [1.54, 1.807) is 6.20 Å². The van der Waals surface area contributed by atoms with Crippen molar-refractivity contribution in [2.24, 2.45) is 0 Å². The average Bonchev–Trinajstić information content (AvgIpc) is 2.67. The molecule has 2 aromatic rings. The average molecular weight is 186 g/mol. The van der Waals surface area contributed by atoms with E-state index in [1.807, 2.05) is 30.3 Å². The lowest BCUT2D eigenvalue weighted by Gasteiger charge is -1.98. The molecule has 0 fully saturated rings. The first-order valence-electron chi connectivity index (χ1n) is 4.39. The second-order valence-electron chi connectivity index (χ2n) is 3.08. The maximum absolute atomic E-state index is 11.2. The van der Waals surface area contributed by atoms with Crippen LogP contribution in [0.25, 0.3) is 11.1 Å². The zero-order chi connectivity index (χ0) is 9.97. The Morgan fingerprint density at radius 3 is 2.64 bits per heavy atom. The van der Waals surface area contributed by atoms with Gasteiger partial charge in [0, 0.05) is 12.5 Å². The molecule has 14 heavy (non-hydrogen) atoms. The van der Waals surface area contributed by atoms with Crippen LogP contribution in [-0.4, -0.2) is 16.0 Å². The maximum Gasteiger partial charge on any atom is 0.178 e. The van der Waals surface area contributed by atoms with Gasteiger partial charge in [-0.1, -0.05) is 30.3 Å². The van der Waals surface area contributed by atoms with Crippen LogP contribution in [-0.2, 0) is 0 Å². The maximum atomic E-state index is 11.2. The standard InChI is InChI=1S/C11H10N2O/c1-8(14)11-10(7-12-13-11)9-5-3-2-4-6-9/h2-7H,1H3,(H,12,13). The summed E-state index contributed by atoms with van der Waals surface area (Å²) in [5, 5.41) is 6.58. The number of hydrogen-bond acceptors (Lipinski definition) is 2. The monoisotopic (exact) mass is 186 g/mol. The lowest BCUT2D eigenvalue weighted by atomic mass is 10.1. The molecule has 0 saturated heterocycles. The summed E-state index contributed by atoms with van der Waals surface area (Å²) in [5.41, 5.74) is 2.43. The molecule has 0 atom stereocenters. The van der Waals surface area contributed by atoms with Crippen molar-refractivity contribution < 1.29 is 4.79 Å². The van der Waals surface area contributed by atoms with Gasteiger partial charge in [-0.2, -0.15) is 5.10 Å². The molecule has 1 heterocycles. The molecular weight excluding hydrogens is 176 g/mol. The Hall–Kier alpha value is -1.90. The number of nitrogens with zero attached hydrogens (tertiary/aromatic N) is 1. The van der Waals surface area contributed by atoms with Gasteiger partial charge in [-0.25, -0.2) is 0 Å². The van der Waals surface area contributed by atoms with E-state index in [9.17, 15) is 4.79 Å². The molecule has 0 aliphatic rings. The second-order valence-corrected chi connectivity index (χ2v) is 3.08. The molecule has 0 saturated carbocycles. The first-order valence-corrected chi connectivity index (χ1v) is 4.39. The van der Waals surface area contributed by atoms with Gasteiger partial charge in [0.2, 0.25) is 0 Å². The van der Waals surface area contributed by atoms with Crippen molar-refractivity contribution >= 4 is 5.78 Å². The number of aromatic amines is 1. The molecule has 0 radical (unpaired) electrons. The summed E-state index contributed by atoms with van der Waals surface area (Å²) in [4.78, 5) is 11.2. The summed E-state index contributed by atoms with van der Waals surface area (Å²) in [5.74, 6) is 0.00125. The van der Waals surface area contributed by atoms with Gasteiger partial charge in [-0.05, 0) is 5.56 Å². The zero-order valence-corrected chi connectivity index (χ0v) is 7.82. The Bertz CT molecular complexity index is 445. The summed E-state index contributed by atoms with van der Waals surface area (Å²) >= 11 is 0. The number of nitrogens with one attached hydrogen (secondary N) is 1. The van der Waals surface area contributed by atoms with Crippen LogP contribution < -0.4 is 0 Å². The highest BCUT2D eigenvalue weighted by Gasteiger charge is 2.10. The Morgan fingerprint density at radius 1 is 1.29 bits per heavy atom. The van der Waals surface area contributed by atoms with Crippen molar-refractivity contribution in [1.29, 1.82) is 0 Å². The van der Waals surface area contributed by atoms with E-state index in [1.165, 1.54) is 6.92 Å². The lowest BCUT2D eigenvalue weighted by Crippen LogP contribution is -1.94. The third-order valence-corrected chi connectivity index (χ3v) is 2.08. The van der Waals surface area contributed by atoms with Gasteiger partial charge in [-0.15, -0.1) is 0 Å². The Labute approximate surface area is 81.8 Å². The van der Waals surface area contributed by atoms with Crippen LogP contribution in [0.15, 0.2) is 36.5 Å². The molecular formula is C11H10N2O. The molecule has 0 aliphatic heterocycles. The van der Waals surface area contributed by atoms with E-state index in [4.69, 9.17) is 0 Å². The van der Waals surface area contributed by atoms with Crippen LogP contribution >= 0.6 is 0 Å². The third kappa shape index (κ3) is 1.44. The smallest absolute Gasteiger partial charge is 0.178 e. The molecule has 0 aliphatic carbocycles. The topological polar surface area (TPSA) is 45.8 Å². The molecule has 1 N–H and O–H groups in total. The van der Waals surface area contributed by atoms with Crippen LogP contribution in [0.3, 0.4) is 0 Å². The first kappa shape index (κ1) is 8.69. The molecule has 0 bridgehead atoms. The fourth-order valence-corrected chi connectivity index (χ4v) is 1.39. The number of ketones is 1. The third-order valence-electron chi connectivity index (χ3n) is 2.08. The summed E-state index contributed by atoms with van der Waals surface area (Å²) in [7, 11) is 0. The molecule has 2 rings (SSSR count). The number of rotatable bonds is 2. The number of benzene rings is 1. The molecule has 3 nitrogen and oxygen atoms in total. The Kier molecular flexibility index (Phi) is 2.14. The van der Waals surface area contributed by atoms with Gasteiger partial charge < -0.3 is 0 Å². The minimum atomic E-state index is 0.00125. The number of carbonyl (C=O) groups is 1. The van der Waals surface area contributed by atoms with Crippen molar-refractivity contribution in [1.82, 2.24) is 10.2 Å². The van der Waals surface area contributed by atoms with Crippen molar-refractivity contribution in [2.75, 3.05) is 0 Å². The largest absolute Gasteiger partial charge is 0.293 e. The van der Waals surface area contributed by atoms with Gasteiger partial charge in [0.25, 0.3) is 0 Å². The van der Waals surface area contributed by atoms with Crippen LogP contribution in [0.4, 0.5) is 0 Å². The molecule has 1 aromatic carbocycles. The number of Topliss-reactive ketones (excluding diaryl/α,β-unsaturated/α-hetero) is 1. The van der Waals surface area contributed by atoms with E-state index in [2.05, 4.69) is 10.2 Å². The molecule has 1 aromatic heterocycles. The van der Waals surface area contributed by atoms with Gasteiger partial charge in [0.1, 0.15) is 5.69 Å². The van der Waals surface area contributed by atoms with Crippen molar-refractivity contribution in [3.63, 3.8) is 0 Å². The van der Waals surface area contributed by atoms with Crippen molar-refractivity contribution in [3.8, 4) is 11.1 Å². The number of H-pyrrole nitrogens is 1. The highest BCUT2D eigenvalue weighted by atomic mass is 16.1. The minimum absolute atomic E-state index is 0.00125. The highest BCUT2D eigenvalue weighted by Crippen LogP contribution is 2.21. The fraction of sp³-hybridized carbons (Fsp3) is 0.0909. The van der Waals surface area contributed by atoms with E-state index >= 15 is 0 Å². The van der Waals surface area contributed by atoms with E-state index in [0.717, 1.165) is 11.1 Å². The van der Waals surface area contributed by atoms with Crippen molar-refractivity contribution in [2.45, 2.75) is 6.92 Å². The van der Waals surface area contributed by atoms with Gasteiger partial charge in [0.15, 0.2) is 5.78 Å². The number of carbonyl (C=O) groups excluding carboxylic acids is 1. The fourth-order valence-electron chi connectivity index (χ4n) is 1.39. The molecule has 3 heteroatoms. The lowest BCUT2D eigenvalue weighted by molar-refractivity contribution is 0.101. The highest BCUT2D eigenvalue weighted by molar-refractivity contribution is 5.98. The summed E-state index contributed by atoms with van der Waals surface area (Å²) in [6.45, 7) is 1.53. The van der Waals surface area contributed by atoms with Crippen LogP contribution in [0, 0.1) is 0 Å². The Balaban J connectivity index is 2.52. The van der Waals surface area contributed by atoms with Crippen LogP contribution in [0.5, 0.6) is 0 Å². The molecule has 0 spiro atoms. The summed E-state index contributed by atoms with van der Waals surface area (Å²) in [6.07, 6.45) is 1.67. The second kappa shape index (κ2) is 3.46. The van der Waals surface area contributed by atoms with E-state index in [0.29, 0.717) is 5.69 Å². The van der Waals surface area contributed by atoms with Gasteiger partial charge in [0.05, 0.1) is 6.20 Å². The SMILES string of the molecule is CC(=O)c1[nH]ncc1-c1ccccc1. The van der Waals surface area contributed by atoms with Gasteiger partial charge >= 0.3 is 0 Å². The van der Waals surface area contributed by atoms with Crippen LogP contribution in [0.2, 0.25) is 0 Å². The quantitative estimate of drug-likeness (QED) is 0.731. The zero-order valence-electron chi connectivity index (χ0n) is 7.82. The first-order chi connectivity index (χ1) is 6.79. The molecule has 70 valence electrons. The summed E-state index contributed by atoms with van der Waals surface area (Å²) < 4.78 is 0. The molecule has 0 unspecified atom stereocenters. The Morgan fingerprint density at radius 2 is 2.00 bits per heavy atom. The number of aromatic nitrogens is 2. The molecule has 0 amide bonds. The van der Waals surface area contributed by atoms with Gasteiger partial charge in [-0.3, -0.25) is 9.89 Å². The van der Waals surface area contributed by atoms with Crippen LogP contribution in [0.1, 0.15) is 17.4 Å². The van der Waals surface area contributed by atoms with E-state index < -0.39 is 0 Å². The normalized spacial score (nSPS) is 10.1. The number of hydrogen-bond donors (Lipinski definition) is 1. The summed E-state index contributed by atoms with van der Waals surface area (Å²) in [6, 6.07) is 9.73. The minimum Gasteiger partial charge on any atom is -0.293 e. The predicted molar refractivity (Wildman–Crippen MR) is 54.0 cm³/mol. The van der Waals surface area contributed by atoms with E-state index in [-0.39, 0.29) is 5.78 Å². The van der Waals surface area contributed by atoms with Crippen molar-refractivity contribution in [3.05, 3.63) is 42.2 Å².